The van der Waals surface area contributed by atoms with Crippen LogP contribution in [0.1, 0.15) is 5.56 Å². The minimum atomic E-state index is -0.625. The van der Waals surface area contributed by atoms with Gasteiger partial charge in [-0.2, -0.15) is 0 Å². The number of oxime groups is 1. The summed E-state index contributed by atoms with van der Waals surface area (Å²) in [7, 11) is 0. The molecule has 0 saturated heterocycles. The summed E-state index contributed by atoms with van der Waals surface area (Å²) in [5, 5.41) is 6.17. The summed E-state index contributed by atoms with van der Waals surface area (Å²) in [6.45, 7) is 0. The number of nitrogens with one attached hydrogen (secondary N) is 1. The van der Waals surface area contributed by atoms with Gasteiger partial charge in [0.25, 0.3) is 0 Å². The summed E-state index contributed by atoms with van der Waals surface area (Å²) in [5.74, 6) is 0. The van der Waals surface area contributed by atoms with Crippen molar-refractivity contribution in [3.8, 4) is 0 Å². The Hall–Kier alpha value is -2.14. The van der Waals surface area contributed by atoms with Gasteiger partial charge in [0.15, 0.2) is 0 Å². The van der Waals surface area contributed by atoms with Crippen LogP contribution in [-0.4, -0.2) is 12.3 Å². The van der Waals surface area contributed by atoms with E-state index < -0.39 is 6.09 Å². The van der Waals surface area contributed by atoms with Gasteiger partial charge >= 0.3 is 6.09 Å². The van der Waals surface area contributed by atoms with Gasteiger partial charge in [-0.15, -0.1) is 0 Å². The number of carbonyl (C=O) groups is 1. The number of benzene rings is 2. The number of halogens is 1. The lowest BCUT2D eigenvalue weighted by molar-refractivity contribution is 0.167. The molecule has 0 radical (unpaired) electrons. The Morgan fingerprint density at radius 1 is 1.11 bits per heavy atom. The predicted molar refractivity (Wildman–Crippen MR) is 78.3 cm³/mol. The number of rotatable bonds is 3. The lowest BCUT2D eigenvalue weighted by Gasteiger charge is -2.01. The highest BCUT2D eigenvalue weighted by atomic mass is 79.9. The molecule has 0 fully saturated rings. The van der Waals surface area contributed by atoms with E-state index in [4.69, 9.17) is 0 Å². The van der Waals surface area contributed by atoms with Crippen LogP contribution in [-0.2, 0) is 4.84 Å². The van der Waals surface area contributed by atoms with Crippen LogP contribution in [0.15, 0.2) is 64.2 Å². The molecule has 0 spiro atoms. The number of anilines is 1. The molecule has 0 aromatic heterocycles. The zero-order valence-electron chi connectivity index (χ0n) is 9.92. The third-order valence-electron chi connectivity index (χ3n) is 2.23. The van der Waals surface area contributed by atoms with Gasteiger partial charge in [-0.1, -0.05) is 51.4 Å². The summed E-state index contributed by atoms with van der Waals surface area (Å²) in [5.41, 5.74) is 1.50. The molecule has 2 aromatic rings. The van der Waals surface area contributed by atoms with Gasteiger partial charge in [0.05, 0.1) is 6.21 Å². The van der Waals surface area contributed by atoms with Crippen molar-refractivity contribution < 1.29 is 9.63 Å². The fourth-order valence-corrected chi connectivity index (χ4v) is 1.61. The molecular formula is C14H11BrN2O2. The molecule has 0 atom stereocenters. The first kappa shape index (κ1) is 13.3. The van der Waals surface area contributed by atoms with Crippen LogP contribution in [0.2, 0.25) is 0 Å². The first-order chi connectivity index (χ1) is 9.24. The Labute approximate surface area is 119 Å². The normalized spacial score (nSPS) is 10.4. The SMILES string of the molecule is O=C(Nc1ccccc1)O/N=C/c1ccc(Br)cc1. The van der Waals surface area contributed by atoms with Crippen molar-refractivity contribution in [2.24, 2.45) is 5.16 Å². The van der Waals surface area contributed by atoms with Crippen LogP contribution < -0.4 is 5.32 Å². The molecule has 0 heterocycles. The number of hydrogen-bond acceptors (Lipinski definition) is 3. The molecule has 4 nitrogen and oxygen atoms in total. The maximum atomic E-state index is 11.4. The molecule has 1 N–H and O–H groups in total. The molecule has 2 rings (SSSR count). The molecule has 0 aliphatic rings. The van der Waals surface area contributed by atoms with Gasteiger partial charge < -0.3 is 0 Å². The Morgan fingerprint density at radius 2 is 1.79 bits per heavy atom. The zero-order chi connectivity index (χ0) is 13.5. The molecule has 2 aromatic carbocycles. The molecule has 5 heteroatoms. The van der Waals surface area contributed by atoms with E-state index >= 15 is 0 Å². The van der Waals surface area contributed by atoms with Gasteiger partial charge in [0.2, 0.25) is 0 Å². The first-order valence-corrected chi connectivity index (χ1v) is 6.35. The van der Waals surface area contributed by atoms with E-state index in [1.165, 1.54) is 6.21 Å². The smallest absolute Gasteiger partial charge is 0.298 e. The Bertz CT molecular complexity index is 568. The molecule has 0 saturated carbocycles. The molecule has 0 bridgehead atoms. The third kappa shape index (κ3) is 4.56. The Balaban J connectivity index is 1.85. The predicted octanol–water partition coefficient (Wildman–Crippen LogP) is 4.03. The largest absolute Gasteiger partial charge is 0.437 e. The molecule has 0 aliphatic carbocycles. The number of hydrogen-bond donors (Lipinski definition) is 1. The third-order valence-corrected chi connectivity index (χ3v) is 2.76. The van der Waals surface area contributed by atoms with Crippen LogP contribution >= 0.6 is 15.9 Å². The Kier molecular flexibility index (Phi) is 4.69. The van der Waals surface area contributed by atoms with Crippen LogP contribution in [0.3, 0.4) is 0 Å². The topological polar surface area (TPSA) is 50.7 Å². The molecule has 1 amide bonds. The van der Waals surface area contributed by atoms with Crippen LogP contribution in [0, 0.1) is 0 Å². The number of carbonyl (C=O) groups excluding carboxylic acids is 1. The van der Waals surface area contributed by atoms with Gasteiger partial charge in [-0.3, -0.25) is 10.2 Å². The molecule has 0 aliphatic heterocycles. The monoisotopic (exact) mass is 318 g/mol. The molecule has 0 unspecified atom stereocenters. The quantitative estimate of drug-likeness (QED) is 0.527. The molecular weight excluding hydrogens is 308 g/mol. The van der Waals surface area contributed by atoms with Gasteiger partial charge in [-0.25, -0.2) is 4.79 Å². The molecule has 19 heavy (non-hydrogen) atoms. The van der Waals surface area contributed by atoms with Crippen molar-refractivity contribution >= 4 is 33.9 Å². The average Bonchev–Trinajstić information content (AvgIpc) is 2.42. The van der Waals surface area contributed by atoms with Crippen molar-refractivity contribution in [3.63, 3.8) is 0 Å². The van der Waals surface area contributed by atoms with Crippen LogP contribution in [0.4, 0.5) is 10.5 Å². The average molecular weight is 319 g/mol. The molecule has 96 valence electrons. The minimum Gasteiger partial charge on any atom is -0.298 e. The van der Waals surface area contributed by atoms with Gasteiger partial charge in [-0.05, 0) is 29.8 Å². The summed E-state index contributed by atoms with van der Waals surface area (Å²) in [6.07, 6.45) is 0.844. The fourth-order valence-electron chi connectivity index (χ4n) is 1.35. The fraction of sp³-hybridized carbons (Fsp3) is 0. The van der Waals surface area contributed by atoms with Gasteiger partial charge in [0, 0.05) is 10.2 Å². The Morgan fingerprint density at radius 3 is 2.47 bits per heavy atom. The first-order valence-electron chi connectivity index (χ1n) is 5.56. The van der Waals surface area contributed by atoms with Crippen molar-refractivity contribution in [1.82, 2.24) is 0 Å². The maximum Gasteiger partial charge on any atom is 0.437 e. The van der Waals surface area contributed by atoms with E-state index in [0.29, 0.717) is 5.69 Å². The zero-order valence-corrected chi connectivity index (χ0v) is 11.5. The van der Waals surface area contributed by atoms with E-state index in [-0.39, 0.29) is 0 Å². The number of para-hydroxylation sites is 1. The second kappa shape index (κ2) is 6.70. The van der Waals surface area contributed by atoms with Crippen molar-refractivity contribution in [2.45, 2.75) is 0 Å². The second-order valence-electron chi connectivity index (χ2n) is 3.66. The number of amides is 1. The lowest BCUT2D eigenvalue weighted by atomic mass is 10.2. The highest BCUT2D eigenvalue weighted by Crippen LogP contribution is 2.09. The second-order valence-corrected chi connectivity index (χ2v) is 4.57. The summed E-state index contributed by atoms with van der Waals surface area (Å²) < 4.78 is 0.979. The van der Waals surface area contributed by atoms with Gasteiger partial charge in [0.1, 0.15) is 0 Å². The number of nitrogens with zero attached hydrogens (tertiary/aromatic N) is 1. The van der Waals surface area contributed by atoms with E-state index in [9.17, 15) is 4.79 Å². The van der Waals surface area contributed by atoms with Crippen LogP contribution in [0.5, 0.6) is 0 Å². The summed E-state index contributed by atoms with van der Waals surface area (Å²) >= 11 is 3.33. The standard InChI is InChI=1S/C14H11BrN2O2/c15-12-8-6-11(7-9-12)10-16-19-14(18)17-13-4-2-1-3-5-13/h1-10H,(H,17,18)/b16-10+. The van der Waals surface area contributed by atoms with E-state index in [0.717, 1.165) is 10.0 Å². The highest BCUT2D eigenvalue weighted by molar-refractivity contribution is 9.10. The lowest BCUT2D eigenvalue weighted by Crippen LogP contribution is -2.10. The van der Waals surface area contributed by atoms with Crippen LogP contribution in [0.25, 0.3) is 0 Å². The van der Waals surface area contributed by atoms with Crippen molar-refractivity contribution in [1.29, 1.82) is 0 Å². The highest BCUT2D eigenvalue weighted by Gasteiger charge is 2.00. The van der Waals surface area contributed by atoms with Crippen molar-refractivity contribution in [2.75, 3.05) is 5.32 Å². The van der Waals surface area contributed by atoms with E-state index in [1.54, 1.807) is 12.1 Å². The van der Waals surface area contributed by atoms with E-state index in [1.807, 2.05) is 42.5 Å². The van der Waals surface area contributed by atoms with E-state index in [2.05, 4.69) is 31.2 Å². The summed E-state index contributed by atoms with van der Waals surface area (Å²) in [4.78, 5) is 16.1. The summed E-state index contributed by atoms with van der Waals surface area (Å²) in [6, 6.07) is 16.5. The minimum absolute atomic E-state index is 0.625. The maximum absolute atomic E-state index is 11.4. The van der Waals surface area contributed by atoms with Crippen molar-refractivity contribution in [3.05, 3.63) is 64.6 Å².